The molecule has 0 atom stereocenters. The van der Waals surface area contributed by atoms with E-state index in [1.807, 2.05) is 30.3 Å². The molecule has 8 nitrogen and oxygen atoms in total. The molecule has 3 N–H and O–H groups in total. The van der Waals surface area contributed by atoms with Crippen molar-refractivity contribution in [2.75, 3.05) is 6.61 Å². The Labute approximate surface area is 193 Å². The summed E-state index contributed by atoms with van der Waals surface area (Å²) in [5.41, 5.74) is 4.13. The van der Waals surface area contributed by atoms with E-state index < -0.39 is 5.91 Å². The van der Waals surface area contributed by atoms with E-state index in [9.17, 15) is 14.4 Å². The number of hydrazone groups is 1. The molecular weight excluding hydrogens is 420 g/mol. The molecule has 2 aromatic carbocycles. The first-order valence-electron chi connectivity index (χ1n) is 11.2. The van der Waals surface area contributed by atoms with Crippen molar-refractivity contribution in [3.8, 4) is 5.75 Å². The van der Waals surface area contributed by atoms with Gasteiger partial charge in [0.25, 0.3) is 5.91 Å². The highest BCUT2D eigenvalue weighted by Gasteiger charge is 2.17. The number of benzene rings is 2. The standard InChI is InChI=1S/C25H30N4O4/c30-23(28-21-9-5-2-6-10-21)15-24(31)29-27-17-20-11-13-22(14-12-20)33-18-25(32)26-16-19-7-3-1-4-8-19/h1,3-4,7-8,11-14,17,21H,2,5-6,9-10,15-16,18H2,(H,26,32)(H,28,30)(H,29,31)/b27-17+. The minimum absolute atomic E-state index is 0.0841. The minimum Gasteiger partial charge on any atom is -0.484 e. The van der Waals surface area contributed by atoms with Gasteiger partial charge >= 0.3 is 0 Å². The summed E-state index contributed by atoms with van der Waals surface area (Å²) in [5, 5.41) is 9.60. The smallest absolute Gasteiger partial charge is 0.258 e. The summed E-state index contributed by atoms with van der Waals surface area (Å²) < 4.78 is 5.49. The second-order valence-corrected chi connectivity index (χ2v) is 7.99. The summed E-state index contributed by atoms with van der Waals surface area (Å²) in [4.78, 5) is 35.8. The Balaban J connectivity index is 1.33. The fourth-order valence-electron chi connectivity index (χ4n) is 3.54. The summed E-state index contributed by atoms with van der Waals surface area (Å²) in [5.74, 6) is -0.393. The Hall–Kier alpha value is -3.68. The number of amides is 3. The van der Waals surface area contributed by atoms with E-state index in [4.69, 9.17) is 4.74 Å². The zero-order valence-electron chi connectivity index (χ0n) is 18.6. The van der Waals surface area contributed by atoms with Crippen molar-refractivity contribution < 1.29 is 19.1 Å². The van der Waals surface area contributed by atoms with Gasteiger partial charge < -0.3 is 15.4 Å². The molecule has 1 saturated carbocycles. The van der Waals surface area contributed by atoms with E-state index in [1.165, 1.54) is 12.6 Å². The van der Waals surface area contributed by atoms with Gasteiger partial charge in [0.05, 0.1) is 6.21 Å². The third kappa shape index (κ3) is 9.14. The first-order valence-corrected chi connectivity index (χ1v) is 11.2. The van der Waals surface area contributed by atoms with E-state index in [-0.39, 0.29) is 30.9 Å². The van der Waals surface area contributed by atoms with Crippen molar-refractivity contribution in [3.63, 3.8) is 0 Å². The van der Waals surface area contributed by atoms with Crippen molar-refractivity contribution in [3.05, 3.63) is 65.7 Å². The molecule has 33 heavy (non-hydrogen) atoms. The lowest BCUT2D eigenvalue weighted by Crippen LogP contribution is -2.38. The third-order valence-electron chi connectivity index (χ3n) is 5.28. The molecule has 3 rings (SSSR count). The van der Waals surface area contributed by atoms with Crippen molar-refractivity contribution in [2.24, 2.45) is 5.10 Å². The number of nitrogens with zero attached hydrogens (tertiary/aromatic N) is 1. The number of carbonyl (C=O) groups excluding carboxylic acids is 3. The van der Waals surface area contributed by atoms with Gasteiger partial charge in [-0.3, -0.25) is 14.4 Å². The molecule has 0 heterocycles. The van der Waals surface area contributed by atoms with Crippen molar-refractivity contribution >= 4 is 23.9 Å². The lowest BCUT2D eigenvalue weighted by Gasteiger charge is -2.22. The second-order valence-electron chi connectivity index (χ2n) is 7.99. The first kappa shape index (κ1) is 24.0. The van der Waals surface area contributed by atoms with Crippen LogP contribution in [0, 0.1) is 0 Å². The number of ether oxygens (including phenoxy) is 1. The van der Waals surface area contributed by atoms with Crippen LogP contribution in [0.4, 0.5) is 0 Å². The van der Waals surface area contributed by atoms with Crippen LogP contribution in [0.2, 0.25) is 0 Å². The molecular formula is C25H30N4O4. The highest BCUT2D eigenvalue weighted by Crippen LogP contribution is 2.17. The molecule has 3 amide bonds. The first-order chi connectivity index (χ1) is 16.1. The van der Waals surface area contributed by atoms with Crippen LogP contribution in [0.15, 0.2) is 59.7 Å². The maximum atomic E-state index is 11.9. The van der Waals surface area contributed by atoms with Gasteiger partial charge in [0, 0.05) is 12.6 Å². The van der Waals surface area contributed by atoms with Crippen LogP contribution in [0.5, 0.6) is 5.75 Å². The Morgan fingerprint density at radius 1 is 0.909 bits per heavy atom. The lowest BCUT2D eigenvalue weighted by atomic mass is 9.95. The van der Waals surface area contributed by atoms with Gasteiger partial charge in [-0.05, 0) is 48.2 Å². The highest BCUT2D eigenvalue weighted by atomic mass is 16.5. The molecule has 1 fully saturated rings. The molecule has 0 bridgehead atoms. The van der Waals surface area contributed by atoms with Crippen LogP contribution < -0.4 is 20.8 Å². The third-order valence-corrected chi connectivity index (χ3v) is 5.28. The Bertz CT molecular complexity index is 939. The monoisotopic (exact) mass is 450 g/mol. The zero-order valence-corrected chi connectivity index (χ0v) is 18.6. The zero-order chi connectivity index (χ0) is 23.3. The number of hydrogen-bond acceptors (Lipinski definition) is 5. The van der Waals surface area contributed by atoms with Gasteiger partial charge in [0.15, 0.2) is 6.61 Å². The molecule has 0 saturated heterocycles. The number of carbonyl (C=O) groups is 3. The quantitative estimate of drug-likeness (QED) is 0.294. The largest absolute Gasteiger partial charge is 0.484 e. The summed E-state index contributed by atoms with van der Waals surface area (Å²) in [7, 11) is 0. The summed E-state index contributed by atoms with van der Waals surface area (Å²) in [6.07, 6.45) is 6.63. The normalized spacial score (nSPS) is 13.9. The average Bonchev–Trinajstić information content (AvgIpc) is 2.83. The van der Waals surface area contributed by atoms with Crippen LogP contribution in [-0.2, 0) is 20.9 Å². The van der Waals surface area contributed by atoms with Gasteiger partial charge in [0.2, 0.25) is 11.8 Å². The number of hydrogen-bond donors (Lipinski definition) is 3. The van der Waals surface area contributed by atoms with Crippen molar-refractivity contribution in [2.45, 2.75) is 51.1 Å². The maximum absolute atomic E-state index is 11.9. The van der Waals surface area contributed by atoms with Gasteiger partial charge in [-0.2, -0.15) is 5.10 Å². The summed E-state index contributed by atoms with van der Waals surface area (Å²) >= 11 is 0. The topological polar surface area (TPSA) is 109 Å². The van der Waals surface area contributed by atoms with Crippen LogP contribution in [0.3, 0.4) is 0 Å². The molecule has 0 unspecified atom stereocenters. The molecule has 0 spiro atoms. The maximum Gasteiger partial charge on any atom is 0.258 e. The van der Waals surface area contributed by atoms with Crippen LogP contribution in [-0.4, -0.2) is 36.6 Å². The van der Waals surface area contributed by atoms with Crippen molar-refractivity contribution in [1.82, 2.24) is 16.1 Å². The Kier molecular flexibility index (Phi) is 9.45. The van der Waals surface area contributed by atoms with E-state index >= 15 is 0 Å². The Morgan fingerprint density at radius 2 is 1.64 bits per heavy atom. The van der Waals surface area contributed by atoms with Gasteiger partial charge in [-0.25, -0.2) is 5.43 Å². The Morgan fingerprint density at radius 3 is 2.36 bits per heavy atom. The molecule has 0 aromatic heterocycles. The summed E-state index contributed by atoms with van der Waals surface area (Å²) in [6.45, 7) is 0.367. The predicted octanol–water partition coefficient (Wildman–Crippen LogP) is 2.67. The summed E-state index contributed by atoms with van der Waals surface area (Å²) in [6, 6.07) is 16.8. The molecule has 8 heteroatoms. The van der Waals surface area contributed by atoms with Crippen LogP contribution in [0.1, 0.15) is 49.7 Å². The minimum atomic E-state index is -0.457. The fraction of sp³-hybridized carbons (Fsp3) is 0.360. The van der Waals surface area contributed by atoms with Gasteiger partial charge in [-0.1, -0.05) is 49.6 Å². The molecule has 1 aliphatic carbocycles. The van der Waals surface area contributed by atoms with Crippen molar-refractivity contribution in [1.29, 1.82) is 0 Å². The second kappa shape index (κ2) is 13.0. The molecule has 1 aliphatic rings. The van der Waals surface area contributed by atoms with E-state index in [0.717, 1.165) is 36.8 Å². The lowest BCUT2D eigenvalue weighted by molar-refractivity contribution is -0.129. The molecule has 174 valence electrons. The molecule has 0 aliphatic heterocycles. The highest BCUT2D eigenvalue weighted by molar-refractivity contribution is 5.97. The van der Waals surface area contributed by atoms with Gasteiger partial charge in [-0.15, -0.1) is 0 Å². The number of nitrogens with one attached hydrogen (secondary N) is 3. The van der Waals surface area contributed by atoms with E-state index in [1.54, 1.807) is 24.3 Å². The van der Waals surface area contributed by atoms with Crippen LogP contribution >= 0.6 is 0 Å². The van der Waals surface area contributed by atoms with E-state index in [2.05, 4.69) is 21.2 Å². The molecule has 2 aromatic rings. The fourth-order valence-corrected chi connectivity index (χ4v) is 3.54. The van der Waals surface area contributed by atoms with Gasteiger partial charge in [0.1, 0.15) is 12.2 Å². The van der Waals surface area contributed by atoms with E-state index in [0.29, 0.717) is 12.3 Å². The predicted molar refractivity (Wildman–Crippen MR) is 126 cm³/mol. The number of rotatable bonds is 10. The average molecular weight is 451 g/mol. The molecule has 0 radical (unpaired) electrons. The van der Waals surface area contributed by atoms with Crippen LogP contribution in [0.25, 0.3) is 0 Å². The SMILES string of the molecule is O=C(COc1ccc(/C=N/NC(=O)CC(=O)NC2CCCCC2)cc1)NCc1ccccc1.